The van der Waals surface area contributed by atoms with Crippen molar-refractivity contribution < 1.29 is 9.53 Å². The van der Waals surface area contributed by atoms with Crippen molar-refractivity contribution in [2.45, 2.75) is 20.1 Å². The number of carbonyl (C=O) groups is 1. The van der Waals surface area contributed by atoms with Crippen molar-refractivity contribution >= 4 is 5.91 Å². The topological polar surface area (TPSA) is 56.1 Å². The number of ether oxygens (including phenoxy) is 1. The van der Waals surface area contributed by atoms with Gasteiger partial charge in [0.2, 0.25) is 0 Å². The Labute approximate surface area is 147 Å². The van der Waals surface area contributed by atoms with E-state index in [1.807, 2.05) is 68.6 Å². The van der Waals surface area contributed by atoms with Crippen molar-refractivity contribution in [1.29, 1.82) is 0 Å². The van der Waals surface area contributed by atoms with Crippen LogP contribution < -0.4 is 10.1 Å². The summed E-state index contributed by atoms with van der Waals surface area (Å²) in [6, 6.07) is 17.7. The van der Waals surface area contributed by atoms with Gasteiger partial charge in [0.1, 0.15) is 12.4 Å². The molecule has 0 aliphatic heterocycles. The monoisotopic (exact) mass is 335 g/mol. The molecule has 0 radical (unpaired) electrons. The Morgan fingerprint density at radius 2 is 1.84 bits per heavy atom. The van der Waals surface area contributed by atoms with Crippen LogP contribution in [0.2, 0.25) is 0 Å². The van der Waals surface area contributed by atoms with Crippen molar-refractivity contribution in [1.82, 2.24) is 15.1 Å². The van der Waals surface area contributed by atoms with E-state index in [-0.39, 0.29) is 5.91 Å². The zero-order valence-electron chi connectivity index (χ0n) is 14.4. The lowest BCUT2D eigenvalue weighted by molar-refractivity contribution is 0.0950. The Morgan fingerprint density at radius 1 is 1.12 bits per heavy atom. The molecule has 1 N–H and O–H groups in total. The summed E-state index contributed by atoms with van der Waals surface area (Å²) in [4.78, 5) is 12.3. The van der Waals surface area contributed by atoms with Crippen LogP contribution in [-0.4, -0.2) is 15.7 Å². The predicted octanol–water partition coefficient (Wildman–Crippen LogP) is 3.24. The number of nitrogens with one attached hydrogen (secondary N) is 1. The minimum absolute atomic E-state index is 0.136. The van der Waals surface area contributed by atoms with Gasteiger partial charge < -0.3 is 10.1 Å². The average Bonchev–Trinajstić information content (AvgIpc) is 2.98. The molecule has 0 aliphatic carbocycles. The van der Waals surface area contributed by atoms with E-state index >= 15 is 0 Å². The number of hydrogen-bond donors (Lipinski definition) is 1. The third-order valence-corrected chi connectivity index (χ3v) is 4.13. The van der Waals surface area contributed by atoms with Crippen LogP contribution in [-0.2, 0) is 20.2 Å². The van der Waals surface area contributed by atoms with E-state index in [4.69, 9.17) is 4.74 Å². The van der Waals surface area contributed by atoms with Crippen molar-refractivity contribution in [3.8, 4) is 5.75 Å². The molecule has 25 heavy (non-hydrogen) atoms. The lowest BCUT2D eigenvalue weighted by Crippen LogP contribution is -2.23. The van der Waals surface area contributed by atoms with E-state index in [1.165, 1.54) is 0 Å². The normalized spacial score (nSPS) is 10.5. The standard InChI is InChI=1S/C20H21N3O2/c1-15-18(13-22-23(15)2)20(24)21-12-17-10-6-7-11-19(17)25-14-16-8-4-3-5-9-16/h3-11,13H,12,14H2,1-2H3,(H,21,24). The number of aryl methyl sites for hydroxylation is 1. The summed E-state index contributed by atoms with van der Waals surface area (Å²) in [7, 11) is 1.82. The van der Waals surface area contributed by atoms with E-state index in [0.29, 0.717) is 18.7 Å². The second-order valence-electron chi connectivity index (χ2n) is 5.83. The van der Waals surface area contributed by atoms with Gasteiger partial charge >= 0.3 is 0 Å². The van der Waals surface area contributed by atoms with Crippen LogP contribution in [0.25, 0.3) is 0 Å². The van der Waals surface area contributed by atoms with Gasteiger partial charge in [-0.3, -0.25) is 9.48 Å². The Morgan fingerprint density at radius 3 is 2.56 bits per heavy atom. The first kappa shape index (κ1) is 16.8. The van der Waals surface area contributed by atoms with Crippen molar-refractivity contribution in [2.24, 2.45) is 7.05 Å². The molecule has 0 bridgehead atoms. The smallest absolute Gasteiger partial charge is 0.255 e. The van der Waals surface area contributed by atoms with E-state index in [0.717, 1.165) is 22.6 Å². The number of hydrogen-bond acceptors (Lipinski definition) is 3. The van der Waals surface area contributed by atoms with Gasteiger partial charge in [-0.05, 0) is 18.6 Å². The number of carbonyl (C=O) groups excluding carboxylic acids is 1. The Balaban J connectivity index is 1.64. The van der Waals surface area contributed by atoms with Gasteiger partial charge in [-0.15, -0.1) is 0 Å². The molecular weight excluding hydrogens is 314 g/mol. The van der Waals surface area contributed by atoms with Crippen LogP contribution in [0.5, 0.6) is 5.75 Å². The quantitative estimate of drug-likeness (QED) is 0.752. The zero-order valence-corrected chi connectivity index (χ0v) is 14.4. The van der Waals surface area contributed by atoms with Gasteiger partial charge in [-0.2, -0.15) is 5.10 Å². The molecule has 0 atom stereocenters. The Hall–Kier alpha value is -3.08. The van der Waals surface area contributed by atoms with Gasteiger partial charge in [0.15, 0.2) is 0 Å². The number of aromatic nitrogens is 2. The first-order valence-corrected chi connectivity index (χ1v) is 8.16. The Kier molecular flexibility index (Phi) is 5.14. The fraction of sp³-hybridized carbons (Fsp3) is 0.200. The van der Waals surface area contributed by atoms with Crippen LogP contribution in [0.4, 0.5) is 0 Å². The summed E-state index contributed by atoms with van der Waals surface area (Å²) in [5.74, 6) is 0.637. The van der Waals surface area contributed by atoms with Crippen LogP contribution in [0.3, 0.4) is 0 Å². The molecule has 3 rings (SSSR count). The summed E-state index contributed by atoms with van der Waals surface area (Å²) < 4.78 is 7.61. The van der Waals surface area contributed by atoms with Crippen LogP contribution >= 0.6 is 0 Å². The summed E-state index contributed by atoms with van der Waals surface area (Å²) >= 11 is 0. The molecule has 128 valence electrons. The maximum atomic E-state index is 12.3. The zero-order chi connectivity index (χ0) is 17.6. The lowest BCUT2D eigenvalue weighted by Gasteiger charge is -2.12. The minimum Gasteiger partial charge on any atom is -0.489 e. The van der Waals surface area contributed by atoms with Crippen molar-refractivity contribution in [3.63, 3.8) is 0 Å². The number of nitrogens with zero attached hydrogens (tertiary/aromatic N) is 2. The molecule has 2 aromatic carbocycles. The summed E-state index contributed by atoms with van der Waals surface area (Å²) in [5, 5.41) is 7.04. The van der Waals surface area contributed by atoms with Gasteiger partial charge in [0, 0.05) is 24.8 Å². The third kappa shape index (κ3) is 4.07. The predicted molar refractivity (Wildman–Crippen MR) is 96.3 cm³/mol. The molecule has 1 amide bonds. The second kappa shape index (κ2) is 7.66. The molecule has 0 saturated carbocycles. The highest BCUT2D eigenvalue weighted by molar-refractivity contribution is 5.95. The third-order valence-electron chi connectivity index (χ3n) is 4.13. The van der Waals surface area contributed by atoms with Crippen LogP contribution in [0, 0.1) is 6.92 Å². The largest absolute Gasteiger partial charge is 0.489 e. The maximum absolute atomic E-state index is 12.3. The second-order valence-corrected chi connectivity index (χ2v) is 5.83. The molecule has 0 spiro atoms. The highest BCUT2D eigenvalue weighted by atomic mass is 16.5. The van der Waals surface area contributed by atoms with Crippen LogP contribution in [0.1, 0.15) is 27.2 Å². The number of rotatable bonds is 6. The first-order valence-electron chi connectivity index (χ1n) is 8.16. The van der Waals surface area contributed by atoms with Gasteiger partial charge in [-0.1, -0.05) is 48.5 Å². The summed E-state index contributed by atoms with van der Waals surface area (Å²) in [6.45, 7) is 2.77. The van der Waals surface area contributed by atoms with E-state index < -0.39 is 0 Å². The molecular formula is C20H21N3O2. The molecule has 1 aromatic heterocycles. The molecule has 0 fully saturated rings. The molecule has 0 unspecified atom stereocenters. The number of amides is 1. The lowest BCUT2D eigenvalue weighted by atomic mass is 10.2. The molecule has 3 aromatic rings. The Bertz CT molecular complexity index is 856. The minimum atomic E-state index is -0.136. The van der Waals surface area contributed by atoms with E-state index in [2.05, 4.69) is 10.4 Å². The molecule has 1 heterocycles. The number of benzene rings is 2. The van der Waals surface area contributed by atoms with E-state index in [1.54, 1.807) is 10.9 Å². The van der Waals surface area contributed by atoms with Gasteiger partial charge in [0.05, 0.1) is 11.8 Å². The SMILES string of the molecule is Cc1c(C(=O)NCc2ccccc2OCc2ccccc2)cnn1C. The first-order chi connectivity index (χ1) is 12.1. The number of para-hydroxylation sites is 1. The van der Waals surface area contributed by atoms with Gasteiger partial charge in [0.25, 0.3) is 5.91 Å². The van der Waals surface area contributed by atoms with Crippen LogP contribution in [0.15, 0.2) is 60.8 Å². The summed E-state index contributed by atoms with van der Waals surface area (Å²) in [6.07, 6.45) is 1.59. The van der Waals surface area contributed by atoms with Crippen molar-refractivity contribution in [2.75, 3.05) is 0 Å². The fourth-order valence-electron chi connectivity index (χ4n) is 2.52. The molecule has 0 aliphatic rings. The average molecular weight is 335 g/mol. The molecule has 5 heteroatoms. The highest BCUT2D eigenvalue weighted by Crippen LogP contribution is 2.19. The molecule has 0 saturated heterocycles. The van der Waals surface area contributed by atoms with Gasteiger partial charge in [-0.25, -0.2) is 0 Å². The van der Waals surface area contributed by atoms with Crippen molar-refractivity contribution in [3.05, 3.63) is 83.2 Å². The molecule has 5 nitrogen and oxygen atoms in total. The summed E-state index contributed by atoms with van der Waals surface area (Å²) in [5.41, 5.74) is 3.47. The highest BCUT2D eigenvalue weighted by Gasteiger charge is 2.13. The fourth-order valence-corrected chi connectivity index (χ4v) is 2.52. The maximum Gasteiger partial charge on any atom is 0.255 e. The van der Waals surface area contributed by atoms with E-state index in [9.17, 15) is 4.79 Å².